The second-order valence-corrected chi connectivity index (χ2v) is 7.25. The van der Waals surface area contributed by atoms with Gasteiger partial charge < -0.3 is 9.84 Å². The Labute approximate surface area is 185 Å². The summed E-state index contributed by atoms with van der Waals surface area (Å²) in [4.78, 5) is 35.6. The molecule has 3 aromatic rings. The molecule has 0 saturated carbocycles. The van der Waals surface area contributed by atoms with Gasteiger partial charge in [-0.2, -0.15) is 0 Å². The molecule has 1 amide bonds. The molecular formula is C25H21N3O4. The van der Waals surface area contributed by atoms with E-state index in [1.54, 1.807) is 48.5 Å². The van der Waals surface area contributed by atoms with E-state index in [0.717, 1.165) is 5.56 Å². The molecule has 1 aliphatic heterocycles. The number of aryl methyl sites for hydroxylation is 1. The van der Waals surface area contributed by atoms with Gasteiger partial charge in [0.1, 0.15) is 18.1 Å². The zero-order valence-corrected chi connectivity index (χ0v) is 17.4. The van der Waals surface area contributed by atoms with E-state index in [-0.39, 0.29) is 17.3 Å². The summed E-state index contributed by atoms with van der Waals surface area (Å²) in [7, 11) is 0. The lowest BCUT2D eigenvalue weighted by molar-refractivity contribution is -0.132. The van der Waals surface area contributed by atoms with Crippen molar-refractivity contribution in [1.29, 1.82) is 0 Å². The summed E-state index contributed by atoms with van der Waals surface area (Å²) in [6.45, 7) is 5.90. The van der Waals surface area contributed by atoms with Gasteiger partial charge in [-0.3, -0.25) is 14.5 Å². The average Bonchev–Trinajstić information content (AvgIpc) is 3.09. The Morgan fingerprint density at radius 3 is 2.38 bits per heavy atom. The van der Waals surface area contributed by atoms with Crippen molar-refractivity contribution >= 4 is 23.4 Å². The SMILES string of the molecule is C=CCOc1ccc(C2/C(=C(/O)c3ccc(C)cc3)C(=O)C(=O)N2c2ncccn2)cc1. The molecule has 0 spiro atoms. The van der Waals surface area contributed by atoms with E-state index < -0.39 is 17.7 Å². The maximum absolute atomic E-state index is 13.1. The van der Waals surface area contributed by atoms with E-state index in [1.807, 2.05) is 19.1 Å². The van der Waals surface area contributed by atoms with Gasteiger partial charge in [-0.15, -0.1) is 0 Å². The van der Waals surface area contributed by atoms with Gasteiger partial charge >= 0.3 is 5.91 Å². The van der Waals surface area contributed by atoms with Crippen molar-refractivity contribution in [1.82, 2.24) is 9.97 Å². The molecule has 0 radical (unpaired) electrons. The fourth-order valence-electron chi connectivity index (χ4n) is 3.54. The summed E-state index contributed by atoms with van der Waals surface area (Å²) >= 11 is 0. The Morgan fingerprint density at radius 2 is 1.75 bits per heavy atom. The Kier molecular flexibility index (Phi) is 5.81. The minimum absolute atomic E-state index is 0.0222. The first-order chi connectivity index (χ1) is 15.5. The van der Waals surface area contributed by atoms with Crippen LogP contribution in [-0.2, 0) is 9.59 Å². The van der Waals surface area contributed by atoms with Crippen LogP contribution < -0.4 is 9.64 Å². The summed E-state index contributed by atoms with van der Waals surface area (Å²) in [5.41, 5.74) is 2.03. The van der Waals surface area contributed by atoms with E-state index in [0.29, 0.717) is 23.5 Å². The highest BCUT2D eigenvalue weighted by Gasteiger charge is 2.48. The molecule has 2 heterocycles. The van der Waals surface area contributed by atoms with Crippen molar-refractivity contribution in [2.45, 2.75) is 13.0 Å². The van der Waals surface area contributed by atoms with Crippen LogP contribution in [0.25, 0.3) is 5.76 Å². The van der Waals surface area contributed by atoms with Crippen LogP contribution in [0.1, 0.15) is 22.7 Å². The molecule has 7 nitrogen and oxygen atoms in total. The molecule has 1 N–H and O–H groups in total. The lowest BCUT2D eigenvalue weighted by atomic mass is 9.95. The largest absolute Gasteiger partial charge is 0.507 e. The van der Waals surface area contributed by atoms with Crippen molar-refractivity contribution in [3.05, 3.63) is 102 Å². The lowest BCUT2D eigenvalue weighted by Crippen LogP contribution is -2.31. The molecule has 1 fully saturated rings. The number of benzene rings is 2. The van der Waals surface area contributed by atoms with E-state index in [2.05, 4.69) is 16.5 Å². The normalized spacial score (nSPS) is 17.4. The van der Waals surface area contributed by atoms with Crippen molar-refractivity contribution in [3.63, 3.8) is 0 Å². The van der Waals surface area contributed by atoms with Gasteiger partial charge in [0.2, 0.25) is 5.95 Å². The minimum Gasteiger partial charge on any atom is -0.507 e. The molecule has 1 atom stereocenters. The number of amides is 1. The molecule has 1 saturated heterocycles. The zero-order chi connectivity index (χ0) is 22.7. The number of anilines is 1. The Hall–Kier alpha value is -4.26. The maximum Gasteiger partial charge on any atom is 0.302 e. The molecule has 4 rings (SSSR count). The van der Waals surface area contributed by atoms with Crippen LogP contribution in [0.15, 0.2) is 85.2 Å². The van der Waals surface area contributed by atoms with Crippen molar-refractivity contribution in [2.24, 2.45) is 0 Å². The van der Waals surface area contributed by atoms with Crippen LogP contribution in [0.3, 0.4) is 0 Å². The maximum atomic E-state index is 13.1. The van der Waals surface area contributed by atoms with Crippen molar-refractivity contribution in [3.8, 4) is 5.75 Å². The van der Waals surface area contributed by atoms with E-state index in [1.165, 1.54) is 17.3 Å². The highest BCUT2D eigenvalue weighted by atomic mass is 16.5. The summed E-state index contributed by atoms with van der Waals surface area (Å²) in [5.74, 6) is -1.16. The van der Waals surface area contributed by atoms with Crippen LogP contribution in [0.2, 0.25) is 0 Å². The van der Waals surface area contributed by atoms with Gasteiger partial charge in [0.25, 0.3) is 5.78 Å². The van der Waals surface area contributed by atoms with Crippen LogP contribution in [0, 0.1) is 6.92 Å². The summed E-state index contributed by atoms with van der Waals surface area (Å²) in [6, 6.07) is 14.7. The van der Waals surface area contributed by atoms with Crippen LogP contribution in [0.5, 0.6) is 5.75 Å². The molecule has 7 heteroatoms. The fraction of sp³-hybridized carbons (Fsp3) is 0.120. The molecule has 1 aliphatic rings. The van der Waals surface area contributed by atoms with Crippen LogP contribution >= 0.6 is 0 Å². The third kappa shape index (κ3) is 3.88. The van der Waals surface area contributed by atoms with Crippen molar-refractivity contribution < 1.29 is 19.4 Å². The van der Waals surface area contributed by atoms with Gasteiger partial charge in [-0.1, -0.05) is 54.6 Å². The van der Waals surface area contributed by atoms with Crippen LogP contribution in [-0.4, -0.2) is 33.4 Å². The molecule has 1 unspecified atom stereocenters. The lowest BCUT2D eigenvalue weighted by Gasteiger charge is -2.23. The first kappa shape index (κ1) is 21.0. The molecule has 2 aromatic carbocycles. The number of carbonyl (C=O) groups is 2. The highest BCUT2D eigenvalue weighted by molar-refractivity contribution is 6.51. The Bertz CT molecular complexity index is 1190. The average molecular weight is 427 g/mol. The number of aliphatic hydroxyl groups excluding tert-OH is 1. The molecule has 0 aliphatic carbocycles. The number of Topliss-reactive ketones (excluding diaryl/α,β-unsaturated/α-hetero) is 1. The van der Waals surface area contributed by atoms with E-state index >= 15 is 0 Å². The number of ether oxygens (including phenoxy) is 1. The zero-order valence-electron chi connectivity index (χ0n) is 17.4. The Balaban J connectivity index is 1.86. The third-order valence-corrected chi connectivity index (χ3v) is 5.10. The number of carbonyl (C=O) groups excluding carboxylic acids is 2. The number of nitrogens with zero attached hydrogens (tertiary/aromatic N) is 3. The topological polar surface area (TPSA) is 92.6 Å². The van der Waals surface area contributed by atoms with Gasteiger partial charge in [-0.25, -0.2) is 9.97 Å². The Morgan fingerprint density at radius 1 is 1.09 bits per heavy atom. The molecule has 0 bridgehead atoms. The predicted molar refractivity (Wildman–Crippen MR) is 120 cm³/mol. The standard InChI is InChI=1S/C25H21N3O4/c1-3-15-32-19-11-9-17(10-12-19)21-20(22(29)18-7-5-16(2)6-8-18)23(30)24(31)28(21)25-26-13-4-14-27-25/h3-14,21,29H,1,15H2,2H3/b22-20-. The fourth-order valence-corrected chi connectivity index (χ4v) is 3.54. The second kappa shape index (κ2) is 8.85. The number of rotatable bonds is 6. The summed E-state index contributed by atoms with van der Waals surface area (Å²) in [6.07, 6.45) is 4.62. The molecule has 1 aromatic heterocycles. The van der Waals surface area contributed by atoms with Gasteiger partial charge in [0.05, 0.1) is 11.6 Å². The number of hydrogen-bond donors (Lipinski definition) is 1. The number of ketones is 1. The quantitative estimate of drug-likeness (QED) is 0.277. The van der Waals surface area contributed by atoms with E-state index in [9.17, 15) is 14.7 Å². The smallest absolute Gasteiger partial charge is 0.302 e. The first-order valence-corrected chi connectivity index (χ1v) is 10.00. The highest BCUT2D eigenvalue weighted by Crippen LogP contribution is 2.41. The minimum atomic E-state index is -0.896. The number of hydrogen-bond acceptors (Lipinski definition) is 6. The predicted octanol–water partition coefficient (Wildman–Crippen LogP) is 3.98. The number of aromatic nitrogens is 2. The van der Waals surface area contributed by atoms with Gasteiger partial charge in [-0.05, 0) is 30.7 Å². The van der Waals surface area contributed by atoms with E-state index in [4.69, 9.17) is 4.74 Å². The summed E-state index contributed by atoms with van der Waals surface area (Å²) < 4.78 is 5.53. The molecular weight excluding hydrogens is 406 g/mol. The number of aliphatic hydroxyl groups is 1. The van der Waals surface area contributed by atoms with Gasteiger partial charge in [0.15, 0.2) is 0 Å². The monoisotopic (exact) mass is 427 g/mol. The summed E-state index contributed by atoms with van der Waals surface area (Å²) in [5, 5.41) is 11.1. The second-order valence-electron chi connectivity index (χ2n) is 7.25. The van der Waals surface area contributed by atoms with Crippen LogP contribution in [0.4, 0.5) is 5.95 Å². The molecule has 32 heavy (non-hydrogen) atoms. The first-order valence-electron chi connectivity index (χ1n) is 10.00. The molecule has 160 valence electrons. The van der Waals surface area contributed by atoms with Gasteiger partial charge in [0, 0.05) is 18.0 Å². The third-order valence-electron chi connectivity index (χ3n) is 5.10. The van der Waals surface area contributed by atoms with Crippen molar-refractivity contribution in [2.75, 3.05) is 11.5 Å².